The highest BCUT2D eigenvalue weighted by Crippen LogP contribution is 2.24. The molecule has 0 amide bonds. The quantitative estimate of drug-likeness (QED) is 0.600. The maximum absolute atomic E-state index is 8.42. The van der Waals surface area contributed by atoms with Gasteiger partial charge in [-0.1, -0.05) is 12.8 Å². The van der Waals surface area contributed by atoms with Crippen LogP contribution in [0.5, 0.6) is 0 Å². The van der Waals surface area contributed by atoms with Crippen LogP contribution in [0.4, 0.5) is 0 Å². The zero-order valence-electron chi connectivity index (χ0n) is 6.38. The van der Waals surface area contributed by atoms with Crippen molar-refractivity contribution in [2.45, 2.75) is 25.7 Å². The van der Waals surface area contributed by atoms with E-state index in [-0.39, 0.29) is 6.61 Å². The number of ether oxygens (including phenoxy) is 1. The number of hydrogen-bond acceptors (Lipinski definition) is 2. The van der Waals surface area contributed by atoms with Crippen LogP contribution in [0.15, 0.2) is 0 Å². The molecule has 1 aliphatic carbocycles. The molecule has 0 aromatic rings. The first-order valence-corrected chi connectivity index (χ1v) is 4.12. The van der Waals surface area contributed by atoms with Crippen molar-refractivity contribution in [3.63, 3.8) is 0 Å². The lowest BCUT2D eigenvalue weighted by Gasteiger charge is -2.07. The van der Waals surface area contributed by atoms with E-state index in [1.54, 1.807) is 0 Å². The molecular formula is C8H16O2. The van der Waals surface area contributed by atoms with E-state index in [0.29, 0.717) is 6.61 Å². The van der Waals surface area contributed by atoms with Crippen LogP contribution >= 0.6 is 0 Å². The second-order valence-electron chi connectivity index (χ2n) is 2.95. The monoisotopic (exact) mass is 144 g/mol. The molecule has 0 spiro atoms. The van der Waals surface area contributed by atoms with Crippen LogP contribution in [0.2, 0.25) is 0 Å². The van der Waals surface area contributed by atoms with Crippen molar-refractivity contribution in [1.29, 1.82) is 0 Å². The minimum atomic E-state index is 0.159. The number of hydrogen-bond donors (Lipinski definition) is 1. The van der Waals surface area contributed by atoms with Crippen molar-refractivity contribution in [3.8, 4) is 0 Å². The zero-order chi connectivity index (χ0) is 7.23. The molecule has 1 aliphatic rings. The van der Waals surface area contributed by atoms with Crippen molar-refractivity contribution < 1.29 is 9.84 Å². The van der Waals surface area contributed by atoms with Gasteiger partial charge >= 0.3 is 0 Å². The van der Waals surface area contributed by atoms with Crippen LogP contribution in [0, 0.1) is 5.92 Å². The Labute approximate surface area is 62.2 Å². The summed E-state index contributed by atoms with van der Waals surface area (Å²) in [6.45, 7) is 1.53. The highest BCUT2D eigenvalue weighted by molar-refractivity contribution is 4.65. The van der Waals surface area contributed by atoms with Gasteiger partial charge in [-0.05, 0) is 18.8 Å². The van der Waals surface area contributed by atoms with E-state index >= 15 is 0 Å². The first kappa shape index (κ1) is 8.02. The van der Waals surface area contributed by atoms with Gasteiger partial charge in [0.05, 0.1) is 13.2 Å². The minimum absolute atomic E-state index is 0.159. The summed E-state index contributed by atoms with van der Waals surface area (Å²) in [6, 6.07) is 0. The van der Waals surface area contributed by atoms with Crippen molar-refractivity contribution in [2.24, 2.45) is 5.92 Å². The van der Waals surface area contributed by atoms with Gasteiger partial charge in [0.25, 0.3) is 0 Å². The molecule has 0 heterocycles. The summed E-state index contributed by atoms with van der Waals surface area (Å²) >= 11 is 0. The van der Waals surface area contributed by atoms with E-state index in [2.05, 4.69) is 0 Å². The molecule has 0 atom stereocenters. The van der Waals surface area contributed by atoms with Gasteiger partial charge in [0.2, 0.25) is 0 Å². The van der Waals surface area contributed by atoms with Crippen molar-refractivity contribution in [1.82, 2.24) is 0 Å². The minimum Gasteiger partial charge on any atom is -0.394 e. The fourth-order valence-electron chi connectivity index (χ4n) is 1.49. The van der Waals surface area contributed by atoms with Crippen LogP contribution in [-0.4, -0.2) is 24.9 Å². The predicted molar refractivity (Wildman–Crippen MR) is 39.9 cm³/mol. The molecule has 60 valence electrons. The summed E-state index contributed by atoms with van der Waals surface area (Å²) in [5.41, 5.74) is 0. The first-order chi connectivity index (χ1) is 4.93. The fourth-order valence-corrected chi connectivity index (χ4v) is 1.49. The average molecular weight is 144 g/mol. The molecule has 0 unspecified atom stereocenters. The standard InChI is InChI=1S/C8H16O2/c9-5-6-10-7-8-3-1-2-4-8/h8-9H,1-7H2. The Bertz CT molecular complexity index is 77.3. The summed E-state index contributed by atoms with van der Waals surface area (Å²) in [5, 5.41) is 8.42. The van der Waals surface area contributed by atoms with E-state index in [4.69, 9.17) is 9.84 Å². The Balaban J connectivity index is 1.91. The number of aliphatic hydroxyl groups excluding tert-OH is 1. The van der Waals surface area contributed by atoms with E-state index < -0.39 is 0 Å². The molecule has 0 saturated heterocycles. The zero-order valence-corrected chi connectivity index (χ0v) is 6.38. The van der Waals surface area contributed by atoms with E-state index in [1.165, 1.54) is 25.7 Å². The van der Waals surface area contributed by atoms with Gasteiger partial charge in [-0.3, -0.25) is 0 Å². The molecule has 1 N–H and O–H groups in total. The Morgan fingerprint density at radius 3 is 2.60 bits per heavy atom. The molecule has 0 aromatic heterocycles. The Morgan fingerprint density at radius 2 is 2.00 bits per heavy atom. The van der Waals surface area contributed by atoms with Crippen LogP contribution in [-0.2, 0) is 4.74 Å². The third-order valence-electron chi connectivity index (χ3n) is 2.06. The average Bonchev–Trinajstić information content (AvgIpc) is 2.41. The third kappa shape index (κ3) is 2.67. The Kier molecular flexibility index (Phi) is 3.76. The summed E-state index contributed by atoms with van der Waals surface area (Å²) < 4.78 is 5.22. The highest BCUT2D eigenvalue weighted by atomic mass is 16.5. The molecule has 0 bridgehead atoms. The molecular weight excluding hydrogens is 128 g/mol. The van der Waals surface area contributed by atoms with Crippen molar-refractivity contribution in [3.05, 3.63) is 0 Å². The number of aliphatic hydroxyl groups is 1. The largest absolute Gasteiger partial charge is 0.394 e. The maximum atomic E-state index is 8.42. The highest BCUT2D eigenvalue weighted by Gasteiger charge is 2.14. The Hall–Kier alpha value is -0.0800. The molecule has 10 heavy (non-hydrogen) atoms. The van der Waals surface area contributed by atoms with Crippen molar-refractivity contribution in [2.75, 3.05) is 19.8 Å². The van der Waals surface area contributed by atoms with E-state index in [0.717, 1.165) is 12.5 Å². The summed E-state index contributed by atoms with van der Waals surface area (Å²) in [7, 11) is 0. The fraction of sp³-hybridized carbons (Fsp3) is 1.00. The Morgan fingerprint density at radius 1 is 1.30 bits per heavy atom. The molecule has 0 aromatic carbocycles. The molecule has 0 aliphatic heterocycles. The normalized spacial score (nSPS) is 20.1. The van der Waals surface area contributed by atoms with Crippen molar-refractivity contribution >= 4 is 0 Å². The molecule has 2 nitrogen and oxygen atoms in total. The van der Waals surface area contributed by atoms with Gasteiger partial charge in [0, 0.05) is 6.61 Å². The number of rotatable bonds is 4. The van der Waals surface area contributed by atoms with Gasteiger partial charge in [-0.2, -0.15) is 0 Å². The SMILES string of the molecule is OCCOCC1CCCC1. The summed E-state index contributed by atoms with van der Waals surface area (Å²) in [4.78, 5) is 0. The molecule has 2 heteroatoms. The van der Waals surface area contributed by atoms with Gasteiger partial charge in [0.15, 0.2) is 0 Å². The van der Waals surface area contributed by atoms with Crippen LogP contribution < -0.4 is 0 Å². The van der Waals surface area contributed by atoms with Crippen LogP contribution in [0.3, 0.4) is 0 Å². The lowest BCUT2D eigenvalue weighted by molar-refractivity contribution is 0.0691. The topological polar surface area (TPSA) is 29.5 Å². The first-order valence-electron chi connectivity index (χ1n) is 4.12. The molecule has 1 saturated carbocycles. The lowest BCUT2D eigenvalue weighted by Crippen LogP contribution is -2.08. The smallest absolute Gasteiger partial charge is 0.0697 e. The summed E-state index contributed by atoms with van der Waals surface area (Å²) in [6.07, 6.45) is 5.39. The van der Waals surface area contributed by atoms with E-state index in [9.17, 15) is 0 Å². The lowest BCUT2D eigenvalue weighted by atomic mass is 10.1. The second kappa shape index (κ2) is 4.69. The molecule has 1 fully saturated rings. The summed E-state index contributed by atoms with van der Waals surface area (Å²) in [5.74, 6) is 0.784. The molecule has 0 radical (unpaired) electrons. The van der Waals surface area contributed by atoms with Gasteiger partial charge in [-0.25, -0.2) is 0 Å². The van der Waals surface area contributed by atoms with Crippen LogP contribution in [0.25, 0.3) is 0 Å². The van der Waals surface area contributed by atoms with Gasteiger partial charge < -0.3 is 9.84 Å². The predicted octanol–water partition coefficient (Wildman–Crippen LogP) is 1.19. The van der Waals surface area contributed by atoms with Crippen LogP contribution in [0.1, 0.15) is 25.7 Å². The maximum Gasteiger partial charge on any atom is 0.0697 e. The van der Waals surface area contributed by atoms with Gasteiger partial charge in [0.1, 0.15) is 0 Å². The second-order valence-corrected chi connectivity index (χ2v) is 2.95. The van der Waals surface area contributed by atoms with E-state index in [1.807, 2.05) is 0 Å². The molecule has 1 rings (SSSR count). The van der Waals surface area contributed by atoms with Gasteiger partial charge in [-0.15, -0.1) is 0 Å². The third-order valence-corrected chi connectivity index (χ3v) is 2.06.